The number of rotatable bonds is 8. The molecule has 2 heterocycles. The summed E-state index contributed by atoms with van der Waals surface area (Å²) in [6, 6.07) is 10.7. The first-order valence-corrected chi connectivity index (χ1v) is 10.5. The van der Waals surface area contributed by atoms with E-state index in [1.165, 1.54) is 7.11 Å². The Kier molecular flexibility index (Phi) is 8.23. The number of nitrogens with zero attached hydrogens (tertiary/aromatic N) is 3. The van der Waals surface area contributed by atoms with Gasteiger partial charge in [-0.3, -0.25) is 4.90 Å². The summed E-state index contributed by atoms with van der Waals surface area (Å²) in [6.07, 6.45) is 2.59. The monoisotopic (exact) mass is 427 g/mol. The highest BCUT2D eigenvalue weighted by Gasteiger charge is 2.17. The molecule has 1 fully saturated rings. The average Bonchev–Trinajstić information content (AvgIpc) is 3.05. The Morgan fingerprint density at radius 1 is 1.03 bits per heavy atom. The number of aromatic nitrogens is 1. The highest BCUT2D eigenvalue weighted by molar-refractivity contribution is 5.90. The molecule has 2 aromatic rings. The molecule has 0 unspecified atom stereocenters. The van der Waals surface area contributed by atoms with Gasteiger partial charge < -0.3 is 19.1 Å². The smallest absolute Gasteiger partial charge is 0.339 e. The SMILES string of the molecule is CCOC(=O)c1ccc(N2CCCN(CCOc3cccc(C(=O)OC)c3)CC2)nc1. The number of benzene rings is 1. The second-order valence-electron chi connectivity index (χ2n) is 7.18. The van der Waals surface area contributed by atoms with Crippen molar-refractivity contribution in [3.05, 3.63) is 53.7 Å². The molecule has 0 bridgehead atoms. The number of hydrogen-bond donors (Lipinski definition) is 0. The van der Waals surface area contributed by atoms with Gasteiger partial charge in [-0.25, -0.2) is 14.6 Å². The number of methoxy groups -OCH3 is 1. The minimum Gasteiger partial charge on any atom is -0.492 e. The predicted molar refractivity (Wildman–Crippen MR) is 117 cm³/mol. The van der Waals surface area contributed by atoms with E-state index in [-0.39, 0.29) is 11.9 Å². The molecule has 0 aliphatic carbocycles. The zero-order chi connectivity index (χ0) is 22.1. The van der Waals surface area contributed by atoms with Crippen molar-refractivity contribution in [3.8, 4) is 5.75 Å². The van der Waals surface area contributed by atoms with E-state index in [9.17, 15) is 9.59 Å². The van der Waals surface area contributed by atoms with Crippen LogP contribution in [0.15, 0.2) is 42.6 Å². The molecule has 1 aromatic carbocycles. The molecule has 1 saturated heterocycles. The van der Waals surface area contributed by atoms with E-state index in [0.717, 1.165) is 45.0 Å². The Balaban J connectivity index is 1.47. The van der Waals surface area contributed by atoms with Crippen LogP contribution in [0.25, 0.3) is 0 Å². The molecule has 1 aliphatic rings. The number of hydrogen-bond acceptors (Lipinski definition) is 8. The Bertz CT molecular complexity index is 872. The van der Waals surface area contributed by atoms with Crippen LogP contribution in [0.5, 0.6) is 5.75 Å². The fourth-order valence-corrected chi connectivity index (χ4v) is 3.46. The van der Waals surface area contributed by atoms with Crippen LogP contribution in [0.4, 0.5) is 5.82 Å². The molecule has 0 saturated carbocycles. The highest BCUT2D eigenvalue weighted by Crippen LogP contribution is 2.16. The minimum absolute atomic E-state index is 0.347. The molecule has 166 valence electrons. The lowest BCUT2D eigenvalue weighted by Gasteiger charge is -2.23. The fraction of sp³-hybridized carbons (Fsp3) is 0.435. The number of anilines is 1. The van der Waals surface area contributed by atoms with E-state index in [1.807, 2.05) is 12.1 Å². The quantitative estimate of drug-likeness (QED) is 0.595. The first-order chi connectivity index (χ1) is 15.1. The molecule has 0 atom stereocenters. The molecule has 0 spiro atoms. The van der Waals surface area contributed by atoms with Gasteiger partial charge in [0, 0.05) is 38.9 Å². The number of carbonyl (C=O) groups excluding carboxylic acids is 2. The molecular weight excluding hydrogens is 398 g/mol. The molecule has 8 heteroatoms. The first kappa shape index (κ1) is 22.6. The number of pyridine rings is 1. The van der Waals surface area contributed by atoms with Crippen LogP contribution in [-0.2, 0) is 9.47 Å². The standard InChI is InChI=1S/C23H29N3O5/c1-3-30-23(28)19-8-9-21(24-17-19)26-11-5-10-25(12-13-26)14-15-31-20-7-4-6-18(16-20)22(27)29-2/h4,6-9,16-17H,3,5,10-15H2,1-2H3. The van der Waals surface area contributed by atoms with Crippen LogP contribution >= 0.6 is 0 Å². The van der Waals surface area contributed by atoms with Crippen LogP contribution in [0.1, 0.15) is 34.1 Å². The molecule has 3 rings (SSSR count). The van der Waals surface area contributed by atoms with Gasteiger partial charge in [0.1, 0.15) is 18.2 Å². The van der Waals surface area contributed by atoms with Crippen molar-refractivity contribution in [1.82, 2.24) is 9.88 Å². The topological polar surface area (TPSA) is 81.2 Å². The zero-order valence-corrected chi connectivity index (χ0v) is 18.1. The summed E-state index contributed by atoms with van der Waals surface area (Å²) in [5.74, 6) is 0.804. The van der Waals surface area contributed by atoms with E-state index in [2.05, 4.69) is 14.8 Å². The van der Waals surface area contributed by atoms with E-state index in [1.54, 1.807) is 37.4 Å². The molecule has 31 heavy (non-hydrogen) atoms. The van der Waals surface area contributed by atoms with Crippen molar-refractivity contribution < 1.29 is 23.8 Å². The van der Waals surface area contributed by atoms with Crippen molar-refractivity contribution in [2.75, 3.05) is 57.9 Å². The predicted octanol–water partition coefficient (Wildman–Crippen LogP) is 2.64. The van der Waals surface area contributed by atoms with Gasteiger partial charge in [-0.15, -0.1) is 0 Å². The zero-order valence-electron chi connectivity index (χ0n) is 18.1. The number of esters is 2. The van der Waals surface area contributed by atoms with Crippen LogP contribution in [0, 0.1) is 0 Å². The third kappa shape index (κ3) is 6.42. The first-order valence-electron chi connectivity index (χ1n) is 10.5. The maximum absolute atomic E-state index is 11.8. The van der Waals surface area contributed by atoms with Gasteiger partial charge in [0.2, 0.25) is 0 Å². The van der Waals surface area contributed by atoms with Gasteiger partial charge in [0.25, 0.3) is 0 Å². The number of ether oxygens (including phenoxy) is 3. The maximum Gasteiger partial charge on any atom is 0.339 e. The van der Waals surface area contributed by atoms with E-state index >= 15 is 0 Å². The summed E-state index contributed by atoms with van der Waals surface area (Å²) >= 11 is 0. The minimum atomic E-state index is -0.373. The van der Waals surface area contributed by atoms with E-state index in [0.29, 0.717) is 30.1 Å². The van der Waals surface area contributed by atoms with Crippen molar-refractivity contribution in [2.45, 2.75) is 13.3 Å². The lowest BCUT2D eigenvalue weighted by atomic mass is 10.2. The van der Waals surface area contributed by atoms with Crippen molar-refractivity contribution >= 4 is 17.8 Å². The van der Waals surface area contributed by atoms with Gasteiger partial charge in [-0.05, 0) is 43.7 Å². The van der Waals surface area contributed by atoms with Crippen LogP contribution in [-0.4, -0.2) is 74.9 Å². The van der Waals surface area contributed by atoms with Gasteiger partial charge >= 0.3 is 11.9 Å². The van der Waals surface area contributed by atoms with Gasteiger partial charge in [-0.1, -0.05) is 6.07 Å². The van der Waals surface area contributed by atoms with E-state index < -0.39 is 0 Å². The molecule has 0 radical (unpaired) electrons. The Hall–Kier alpha value is -3.13. The van der Waals surface area contributed by atoms with Crippen molar-refractivity contribution in [1.29, 1.82) is 0 Å². The second kappa shape index (κ2) is 11.3. The molecule has 0 N–H and O–H groups in total. The van der Waals surface area contributed by atoms with Gasteiger partial charge in [0.05, 0.1) is 24.8 Å². The van der Waals surface area contributed by atoms with E-state index in [4.69, 9.17) is 14.2 Å². The van der Waals surface area contributed by atoms with Crippen LogP contribution < -0.4 is 9.64 Å². The lowest BCUT2D eigenvalue weighted by Crippen LogP contribution is -2.33. The van der Waals surface area contributed by atoms with Gasteiger partial charge in [0.15, 0.2) is 0 Å². The third-order valence-corrected chi connectivity index (χ3v) is 5.10. The fourth-order valence-electron chi connectivity index (χ4n) is 3.46. The van der Waals surface area contributed by atoms with Crippen molar-refractivity contribution in [2.24, 2.45) is 0 Å². The van der Waals surface area contributed by atoms with Crippen molar-refractivity contribution in [3.63, 3.8) is 0 Å². The summed E-state index contributed by atoms with van der Waals surface area (Å²) in [4.78, 5) is 32.5. The Morgan fingerprint density at radius 3 is 2.65 bits per heavy atom. The third-order valence-electron chi connectivity index (χ3n) is 5.10. The summed E-state index contributed by atoms with van der Waals surface area (Å²) in [6.45, 7) is 7.10. The molecule has 8 nitrogen and oxygen atoms in total. The largest absolute Gasteiger partial charge is 0.492 e. The molecule has 0 amide bonds. The normalized spacial score (nSPS) is 14.6. The maximum atomic E-state index is 11.8. The molecule has 1 aliphatic heterocycles. The highest BCUT2D eigenvalue weighted by atomic mass is 16.5. The molecular formula is C23H29N3O5. The average molecular weight is 428 g/mol. The lowest BCUT2D eigenvalue weighted by molar-refractivity contribution is 0.0525. The summed E-state index contributed by atoms with van der Waals surface area (Å²) in [5.41, 5.74) is 0.947. The van der Waals surface area contributed by atoms with Crippen LogP contribution in [0.3, 0.4) is 0 Å². The summed E-state index contributed by atoms with van der Waals surface area (Å²) in [7, 11) is 1.36. The van der Waals surface area contributed by atoms with Crippen LogP contribution in [0.2, 0.25) is 0 Å². The number of carbonyl (C=O) groups is 2. The summed E-state index contributed by atoms with van der Waals surface area (Å²) < 4.78 is 15.6. The molecule has 1 aromatic heterocycles. The Labute approximate surface area is 182 Å². The summed E-state index contributed by atoms with van der Waals surface area (Å²) in [5, 5.41) is 0. The second-order valence-corrected chi connectivity index (χ2v) is 7.18. The Morgan fingerprint density at radius 2 is 1.90 bits per heavy atom. The van der Waals surface area contributed by atoms with Gasteiger partial charge in [-0.2, -0.15) is 0 Å².